The largest absolute Gasteiger partial charge is 0.322 e. The summed E-state index contributed by atoms with van der Waals surface area (Å²) in [6.45, 7) is 7.08. The van der Waals surface area contributed by atoms with Crippen molar-refractivity contribution in [1.29, 1.82) is 0 Å². The fourth-order valence-electron chi connectivity index (χ4n) is 2.11. The Morgan fingerprint density at radius 2 is 2.19 bits per heavy atom. The average molecular weight is 290 g/mol. The second-order valence-electron chi connectivity index (χ2n) is 5.10. The monoisotopic (exact) mass is 290 g/mol. The van der Waals surface area contributed by atoms with Gasteiger partial charge in [0.05, 0.1) is 29.7 Å². The quantitative estimate of drug-likeness (QED) is 0.827. The summed E-state index contributed by atoms with van der Waals surface area (Å²) >= 11 is 0. The van der Waals surface area contributed by atoms with Crippen LogP contribution in [0.4, 0.5) is 5.69 Å². The molecule has 1 amide bonds. The number of anilines is 1. The number of carbonyl (C=O) groups is 1. The predicted molar refractivity (Wildman–Crippen MR) is 81.0 cm³/mol. The highest BCUT2D eigenvalue weighted by Gasteiger charge is 2.16. The van der Waals surface area contributed by atoms with Crippen LogP contribution in [0.2, 0.25) is 0 Å². The molecule has 0 aliphatic carbocycles. The summed E-state index contributed by atoms with van der Waals surface area (Å²) in [5.74, 6) is -0.0605. The first kappa shape index (κ1) is 15.2. The van der Waals surface area contributed by atoms with Crippen LogP contribution >= 0.6 is 0 Å². The Bertz CT molecular complexity index is 601. The summed E-state index contributed by atoms with van der Waals surface area (Å²) < 4.78 is 3.59. The van der Waals surface area contributed by atoms with Crippen LogP contribution in [0.15, 0.2) is 18.5 Å². The van der Waals surface area contributed by atoms with Crippen LogP contribution in [0.5, 0.6) is 0 Å². The minimum Gasteiger partial charge on any atom is -0.322 e. The number of aromatic nitrogens is 4. The van der Waals surface area contributed by atoms with Gasteiger partial charge in [-0.3, -0.25) is 14.2 Å². The minimum atomic E-state index is -0.278. The summed E-state index contributed by atoms with van der Waals surface area (Å²) in [5, 5.41) is 14.5. The molecule has 2 heterocycles. The fraction of sp³-hybridized carbons (Fsp3) is 0.500. The second kappa shape index (κ2) is 6.53. The van der Waals surface area contributed by atoms with E-state index in [0.29, 0.717) is 6.54 Å². The van der Waals surface area contributed by atoms with Gasteiger partial charge in [0.1, 0.15) is 0 Å². The van der Waals surface area contributed by atoms with E-state index in [1.54, 1.807) is 10.9 Å². The summed E-state index contributed by atoms with van der Waals surface area (Å²) in [5.41, 5.74) is 2.57. The zero-order chi connectivity index (χ0) is 15.4. The molecule has 7 nitrogen and oxygen atoms in total. The molecule has 1 atom stereocenters. The maximum atomic E-state index is 12.2. The Morgan fingerprint density at radius 3 is 2.76 bits per heavy atom. The Hall–Kier alpha value is -2.15. The van der Waals surface area contributed by atoms with Gasteiger partial charge in [-0.2, -0.15) is 10.2 Å². The van der Waals surface area contributed by atoms with Crippen LogP contribution in [0.1, 0.15) is 18.3 Å². The van der Waals surface area contributed by atoms with Gasteiger partial charge in [-0.05, 0) is 26.8 Å². The Morgan fingerprint density at radius 1 is 1.43 bits per heavy atom. The molecule has 2 N–H and O–H groups in total. The molecule has 2 rings (SSSR count). The zero-order valence-electron chi connectivity index (χ0n) is 12.9. The third kappa shape index (κ3) is 3.69. The number of amides is 1. The zero-order valence-corrected chi connectivity index (χ0v) is 12.9. The number of nitrogens with zero attached hydrogens (tertiary/aromatic N) is 4. The van der Waals surface area contributed by atoms with Gasteiger partial charge in [0.2, 0.25) is 5.91 Å². The topological polar surface area (TPSA) is 76.8 Å². The summed E-state index contributed by atoms with van der Waals surface area (Å²) in [6.07, 6.45) is 3.64. The van der Waals surface area contributed by atoms with E-state index in [1.165, 1.54) is 0 Å². The van der Waals surface area contributed by atoms with Gasteiger partial charge in [0.25, 0.3) is 0 Å². The van der Waals surface area contributed by atoms with Gasteiger partial charge in [-0.25, -0.2) is 0 Å². The van der Waals surface area contributed by atoms with E-state index in [0.717, 1.165) is 23.6 Å². The fourth-order valence-corrected chi connectivity index (χ4v) is 2.11. The Labute approximate surface area is 124 Å². The molecule has 0 aromatic carbocycles. The molecule has 0 spiro atoms. The normalized spacial score (nSPS) is 12.4. The number of nitrogens with one attached hydrogen (secondary N) is 2. The molecule has 0 saturated heterocycles. The summed E-state index contributed by atoms with van der Waals surface area (Å²) in [4.78, 5) is 12.2. The third-order valence-corrected chi connectivity index (χ3v) is 3.50. The maximum absolute atomic E-state index is 12.2. The van der Waals surface area contributed by atoms with Gasteiger partial charge in [0, 0.05) is 26.0 Å². The number of hydrogen-bond donors (Lipinski definition) is 2. The van der Waals surface area contributed by atoms with Gasteiger partial charge >= 0.3 is 0 Å². The molecule has 0 saturated carbocycles. The average Bonchev–Trinajstić information content (AvgIpc) is 3.03. The lowest BCUT2D eigenvalue weighted by Crippen LogP contribution is -2.39. The third-order valence-electron chi connectivity index (χ3n) is 3.50. The van der Waals surface area contributed by atoms with Crippen molar-refractivity contribution in [2.45, 2.75) is 33.4 Å². The van der Waals surface area contributed by atoms with E-state index in [9.17, 15) is 4.79 Å². The SMILES string of the molecule is Cc1nn(C)c(C)c1NC(=O)[C@H](C)NCCn1cccn1. The number of rotatable bonds is 6. The highest BCUT2D eigenvalue weighted by Crippen LogP contribution is 2.18. The molecule has 7 heteroatoms. The van der Waals surface area contributed by atoms with Gasteiger partial charge < -0.3 is 10.6 Å². The van der Waals surface area contributed by atoms with Gasteiger partial charge in [0.15, 0.2) is 0 Å². The first-order valence-electron chi connectivity index (χ1n) is 7.01. The molecule has 0 bridgehead atoms. The standard InChI is InChI=1S/C14H22N6O/c1-10-13(12(3)19(4)18-10)17-14(21)11(2)15-7-9-20-8-5-6-16-20/h5-6,8,11,15H,7,9H2,1-4H3,(H,17,21)/t11-/m0/s1. The van der Waals surface area contributed by atoms with Crippen molar-refractivity contribution in [3.63, 3.8) is 0 Å². The number of hydrogen-bond acceptors (Lipinski definition) is 4. The van der Waals surface area contributed by atoms with Crippen molar-refractivity contribution in [2.75, 3.05) is 11.9 Å². The first-order chi connectivity index (χ1) is 9.99. The minimum absolute atomic E-state index is 0.0605. The lowest BCUT2D eigenvalue weighted by atomic mass is 10.2. The Kier molecular flexibility index (Phi) is 4.74. The molecular formula is C14H22N6O. The van der Waals surface area contributed by atoms with E-state index < -0.39 is 0 Å². The molecular weight excluding hydrogens is 268 g/mol. The number of aryl methyl sites for hydroxylation is 2. The van der Waals surface area contributed by atoms with E-state index in [1.807, 2.05) is 44.8 Å². The Balaban J connectivity index is 1.84. The molecule has 114 valence electrons. The van der Waals surface area contributed by atoms with Crippen LogP contribution in [0.3, 0.4) is 0 Å². The van der Waals surface area contributed by atoms with Crippen LogP contribution in [-0.2, 0) is 18.4 Å². The predicted octanol–water partition coefficient (Wildman–Crippen LogP) is 0.850. The van der Waals surface area contributed by atoms with Crippen LogP contribution in [-0.4, -0.2) is 38.1 Å². The van der Waals surface area contributed by atoms with Crippen molar-refractivity contribution in [3.05, 3.63) is 29.8 Å². The summed E-state index contributed by atoms with van der Waals surface area (Å²) in [7, 11) is 1.86. The maximum Gasteiger partial charge on any atom is 0.241 e. The molecule has 0 aliphatic rings. The van der Waals surface area contributed by atoms with E-state index in [-0.39, 0.29) is 11.9 Å². The van der Waals surface area contributed by atoms with Crippen LogP contribution < -0.4 is 10.6 Å². The summed E-state index contributed by atoms with van der Waals surface area (Å²) in [6, 6.07) is 1.60. The van der Waals surface area contributed by atoms with E-state index in [4.69, 9.17) is 0 Å². The van der Waals surface area contributed by atoms with Crippen molar-refractivity contribution < 1.29 is 4.79 Å². The smallest absolute Gasteiger partial charge is 0.241 e. The lowest BCUT2D eigenvalue weighted by Gasteiger charge is -2.14. The van der Waals surface area contributed by atoms with Crippen molar-refractivity contribution in [3.8, 4) is 0 Å². The molecule has 0 aliphatic heterocycles. The molecule has 2 aromatic heterocycles. The lowest BCUT2D eigenvalue weighted by molar-refractivity contribution is -0.117. The van der Waals surface area contributed by atoms with Crippen molar-refractivity contribution >= 4 is 11.6 Å². The number of carbonyl (C=O) groups excluding carboxylic acids is 1. The highest BCUT2D eigenvalue weighted by molar-refractivity contribution is 5.95. The van der Waals surface area contributed by atoms with Crippen LogP contribution in [0, 0.1) is 13.8 Å². The molecule has 0 radical (unpaired) electrons. The second-order valence-corrected chi connectivity index (χ2v) is 5.10. The van der Waals surface area contributed by atoms with E-state index in [2.05, 4.69) is 20.8 Å². The highest BCUT2D eigenvalue weighted by atomic mass is 16.2. The van der Waals surface area contributed by atoms with Gasteiger partial charge in [-0.15, -0.1) is 0 Å². The molecule has 2 aromatic rings. The molecule has 0 fully saturated rings. The molecule has 21 heavy (non-hydrogen) atoms. The van der Waals surface area contributed by atoms with Gasteiger partial charge in [-0.1, -0.05) is 0 Å². The van der Waals surface area contributed by atoms with E-state index >= 15 is 0 Å². The van der Waals surface area contributed by atoms with Crippen molar-refractivity contribution in [2.24, 2.45) is 7.05 Å². The van der Waals surface area contributed by atoms with Crippen molar-refractivity contribution in [1.82, 2.24) is 24.9 Å². The molecule has 0 unspecified atom stereocenters. The van der Waals surface area contributed by atoms with Crippen LogP contribution in [0.25, 0.3) is 0 Å². The first-order valence-corrected chi connectivity index (χ1v) is 7.01.